The average molecular weight is 432 g/mol. The Morgan fingerprint density at radius 2 is 1.81 bits per heavy atom. The molecular weight excluding hydrogens is 402 g/mol. The molecule has 1 amide bonds. The van der Waals surface area contributed by atoms with Crippen LogP contribution in [0.25, 0.3) is 5.78 Å². The molecule has 4 aromatic rings. The lowest BCUT2D eigenvalue weighted by molar-refractivity contribution is -0.116. The van der Waals surface area contributed by atoms with E-state index in [1.54, 1.807) is 10.7 Å². The Bertz CT molecular complexity index is 1250. The first-order valence-electron chi connectivity index (χ1n) is 10.8. The van der Waals surface area contributed by atoms with Crippen LogP contribution in [0.1, 0.15) is 55.3 Å². The van der Waals surface area contributed by atoms with Crippen molar-refractivity contribution in [2.24, 2.45) is 0 Å². The van der Waals surface area contributed by atoms with E-state index >= 15 is 0 Å². The lowest BCUT2D eigenvalue weighted by Gasteiger charge is -2.19. The van der Waals surface area contributed by atoms with Crippen molar-refractivity contribution in [1.82, 2.24) is 29.4 Å². The second kappa shape index (κ2) is 8.53. The highest BCUT2D eigenvalue weighted by molar-refractivity contribution is 5.90. The number of hydrogen-bond acceptors (Lipinski definition) is 5. The monoisotopic (exact) mass is 431 g/mol. The third kappa shape index (κ3) is 4.54. The average Bonchev–Trinajstić information content (AvgIpc) is 3.37. The van der Waals surface area contributed by atoms with Gasteiger partial charge in [0.05, 0.1) is 12.7 Å². The van der Waals surface area contributed by atoms with Gasteiger partial charge < -0.3 is 5.32 Å². The number of nitrogens with zero attached hydrogens (tertiary/aromatic N) is 6. The largest absolute Gasteiger partial charge is 0.311 e. The molecule has 0 saturated carbocycles. The summed E-state index contributed by atoms with van der Waals surface area (Å²) >= 11 is 0. The Kier molecular flexibility index (Phi) is 5.78. The van der Waals surface area contributed by atoms with Crippen LogP contribution in [-0.4, -0.2) is 35.3 Å². The van der Waals surface area contributed by atoms with Gasteiger partial charge in [-0.3, -0.25) is 4.79 Å². The molecule has 8 nitrogen and oxygen atoms in total. The number of benzene rings is 1. The summed E-state index contributed by atoms with van der Waals surface area (Å²) < 4.78 is 3.52. The van der Waals surface area contributed by atoms with Crippen molar-refractivity contribution in [3.8, 4) is 0 Å². The maximum absolute atomic E-state index is 12.7. The van der Waals surface area contributed by atoms with Gasteiger partial charge in [-0.1, -0.05) is 45.0 Å². The van der Waals surface area contributed by atoms with E-state index in [0.29, 0.717) is 31.0 Å². The summed E-state index contributed by atoms with van der Waals surface area (Å²) in [7, 11) is 0. The van der Waals surface area contributed by atoms with Gasteiger partial charge in [-0.05, 0) is 42.4 Å². The number of amides is 1. The molecule has 0 fully saturated rings. The van der Waals surface area contributed by atoms with Crippen LogP contribution >= 0.6 is 0 Å². The Morgan fingerprint density at radius 3 is 2.53 bits per heavy atom. The molecule has 166 valence electrons. The third-order valence-electron chi connectivity index (χ3n) is 5.73. The minimum Gasteiger partial charge on any atom is -0.311 e. The van der Waals surface area contributed by atoms with Crippen LogP contribution < -0.4 is 5.32 Å². The third-order valence-corrected chi connectivity index (χ3v) is 5.73. The molecule has 1 aromatic carbocycles. The number of aromatic nitrogens is 6. The summed E-state index contributed by atoms with van der Waals surface area (Å²) in [5.74, 6) is 1.20. The quantitative estimate of drug-likeness (QED) is 0.501. The summed E-state index contributed by atoms with van der Waals surface area (Å²) in [6.45, 7) is 11.1. The number of nitrogens with one attached hydrogen (secondary N) is 1. The Morgan fingerprint density at radius 1 is 1.06 bits per heavy atom. The highest BCUT2D eigenvalue weighted by atomic mass is 16.1. The fourth-order valence-electron chi connectivity index (χ4n) is 3.81. The van der Waals surface area contributed by atoms with Gasteiger partial charge in [0.2, 0.25) is 5.91 Å². The van der Waals surface area contributed by atoms with Crippen LogP contribution in [0, 0.1) is 13.8 Å². The predicted octanol–water partition coefficient (Wildman–Crippen LogP) is 3.85. The molecule has 3 heterocycles. The first kappa shape index (κ1) is 21.7. The molecule has 0 aliphatic heterocycles. The van der Waals surface area contributed by atoms with Crippen LogP contribution in [0.2, 0.25) is 0 Å². The zero-order chi connectivity index (χ0) is 22.9. The first-order valence-corrected chi connectivity index (χ1v) is 10.8. The molecule has 0 spiro atoms. The molecule has 0 radical (unpaired) electrons. The van der Waals surface area contributed by atoms with Crippen molar-refractivity contribution in [2.45, 2.75) is 59.4 Å². The number of carbonyl (C=O) groups is 1. The second-order valence-corrected chi connectivity index (χ2v) is 9.10. The molecule has 0 aliphatic carbocycles. The Labute approximate surface area is 187 Å². The Hall–Kier alpha value is -3.55. The summed E-state index contributed by atoms with van der Waals surface area (Å²) in [4.78, 5) is 21.3. The summed E-state index contributed by atoms with van der Waals surface area (Å²) in [6, 6.07) is 10.4. The SMILES string of the molecule is Cc1nc2ncnn2c(C)c1CCC(=O)Nc1ccnn1Cc1ccc(C(C)(C)C)cc1. The first-order chi connectivity index (χ1) is 15.2. The maximum Gasteiger partial charge on any atom is 0.252 e. The van der Waals surface area contributed by atoms with E-state index in [-0.39, 0.29) is 11.3 Å². The van der Waals surface area contributed by atoms with Gasteiger partial charge in [-0.2, -0.15) is 15.2 Å². The molecule has 4 rings (SSSR count). The molecule has 8 heteroatoms. The zero-order valence-electron chi connectivity index (χ0n) is 19.3. The highest BCUT2D eigenvalue weighted by Crippen LogP contribution is 2.23. The van der Waals surface area contributed by atoms with Gasteiger partial charge in [0.25, 0.3) is 5.78 Å². The standard InChI is InChI=1S/C24H29N7O/c1-16-20(17(2)31-23(28-16)25-15-27-31)10-11-22(32)29-21-12-13-26-30(21)14-18-6-8-19(9-7-18)24(3,4)5/h6-9,12-13,15H,10-11,14H2,1-5H3,(H,29,32). The normalized spacial score (nSPS) is 11.8. The van der Waals surface area contributed by atoms with E-state index in [1.807, 2.05) is 24.6 Å². The lowest BCUT2D eigenvalue weighted by atomic mass is 9.87. The molecule has 3 aromatic heterocycles. The molecule has 0 bridgehead atoms. The van der Waals surface area contributed by atoms with Crippen molar-refractivity contribution in [2.75, 3.05) is 5.32 Å². The van der Waals surface area contributed by atoms with Crippen molar-refractivity contribution >= 4 is 17.5 Å². The van der Waals surface area contributed by atoms with E-state index in [4.69, 9.17) is 0 Å². The van der Waals surface area contributed by atoms with Gasteiger partial charge in [-0.15, -0.1) is 0 Å². The van der Waals surface area contributed by atoms with Crippen LogP contribution in [0.5, 0.6) is 0 Å². The number of carbonyl (C=O) groups excluding carboxylic acids is 1. The van der Waals surface area contributed by atoms with Gasteiger partial charge >= 0.3 is 0 Å². The molecule has 0 atom stereocenters. The van der Waals surface area contributed by atoms with Crippen LogP contribution in [-0.2, 0) is 23.2 Å². The highest BCUT2D eigenvalue weighted by Gasteiger charge is 2.15. The van der Waals surface area contributed by atoms with E-state index in [9.17, 15) is 4.79 Å². The number of fused-ring (bicyclic) bond motifs is 1. The van der Waals surface area contributed by atoms with Gasteiger partial charge in [-0.25, -0.2) is 14.2 Å². The van der Waals surface area contributed by atoms with Gasteiger partial charge in [0.1, 0.15) is 12.1 Å². The van der Waals surface area contributed by atoms with Crippen LogP contribution in [0.3, 0.4) is 0 Å². The lowest BCUT2D eigenvalue weighted by Crippen LogP contribution is -2.17. The molecule has 0 saturated heterocycles. The van der Waals surface area contributed by atoms with Crippen molar-refractivity contribution < 1.29 is 4.79 Å². The maximum atomic E-state index is 12.7. The fourth-order valence-corrected chi connectivity index (χ4v) is 3.81. The minimum atomic E-state index is -0.0627. The smallest absolute Gasteiger partial charge is 0.252 e. The number of rotatable bonds is 6. The summed E-state index contributed by atoms with van der Waals surface area (Å²) in [5, 5.41) is 11.6. The molecule has 1 N–H and O–H groups in total. The molecule has 0 unspecified atom stereocenters. The van der Waals surface area contributed by atoms with E-state index in [1.165, 1.54) is 11.9 Å². The molecule has 32 heavy (non-hydrogen) atoms. The van der Waals surface area contributed by atoms with Gasteiger partial charge in [0.15, 0.2) is 0 Å². The van der Waals surface area contributed by atoms with Crippen molar-refractivity contribution in [3.63, 3.8) is 0 Å². The van der Waals surface area contributed by atoms with E-state index < -0.39 is 0 Å². The predicted molar refractivity (Wildman–Crippen MR) is 124 cm³/mol. The minimum absolute atomic E-state index is 0.0627. The molecular formula is C24H29N7O. The van der Waals surface area contributed by atoms with E-state index in [0.717, 1.165) is 22.5 Å². The summed E-state index contributed by atoms with van der Waals surface area (Å²) in [5.41, 5.74) is 5.40. The van der Waals surface area contributed by atoms with Crippen LogP contribution in [0.15, 0.2) is 42.9 Å². The van der Waals surface area contributed by atoms with Crippen LogP contribution in [0.4, 0.5) is 5.82 Å². The van der Waals surface area contributed by atoms with Crippen molar-refractivity contribution in [3.05, 3.63) is 70.9 Å². The van der Waals surface area contributed by atoms with Crippen molar-refractivity contribution in [1.29, 1.82) is 0 Å². The summed E-state index contributed by atoms with van der Waals surface area (Å²) in [6.07, 6.45) is 4.11. The number of hydrogen-bond donors (Lipinski definition) is 1. The molecule has 0 aliphatic rings. The topological polar surface area (TPSA) is 90.0 Å². The number of aryl methyl sites for hydroxylation is 2. The zero-order valence-corrected chi connectivity index (χ0v) is 19.3. The van der Waals surface area contributed by atoms with Gasteiger partial charge in [0, 0.05) is 23.9 Å². The second-order valence-electron chi connectivity index (χ2n) is 9.10. The Balaban J connectivity index is 1.40. The fraction of sp³-hybridized carbons (Fsp3) is 0.375. The number of anilines is 1. The van der Waals surface area contributed by atoms with E-state index in [2.05, 4.69) is 70.5 Å².